The highest BCUT2D eigenvalue weighted by Gasteiger charge is 2.24. The third-order valence-corrected chi connectivity index (χ3v) is 8.74. The van der Waals surface area contributed by atoms with E-state index in [4.69, 9.17) is 29.2 Å². The zero-order valence-electron chi connectivity index (χ0n) is 23.6. The van der Waals surface area contributed by atoms with Crippen LogP contribution in [0, 0.1) is 17.7 Å². The zero-order chi connectivity index (χ0) is 31.4. The molecular weight excluding hydrogens is 605 g/mol. The molecule has 0 aliphatic rings. The number of benzene rings is 1. The minimum absolute atomic E-state index is 0.0675. The lowest BCUT2D eigenvalue weighted by Gasteiger charge is -2.13. The quantitative estimate of drug-likeness (QED) is 0.122. The van der Waals surface area contributed by atoms with Gasteiger partial charge in [-0.05, 0) is 12.1 Å². The van der Waals surface area contributed by atoms with Gasteiger partial charge in [-0.1, -0.05) is 13.8 Å². The van der Waals surface area contributed by atoms with Gasteiger partial charge in [-0.25, -0.2) is 9.37 Å². The Morgan fingerprint density at radius 1 is 0.814 bits per heavy atom. The number of methoxy groups -OCH3 is 2. The standard InChI is InChI=1S/C29H28FNO10S2/c1-13(28(34)35)7-17(32)23-9-15-21(42-23)11-19(38-3)26(25(15)30)40-5-6-41-27-20(39-4)12-22-16(31-27)10-24(43-22)18(33)8-14(2)29(36)37/h9-14H,5-8H2,1-4H3,(H,34,35)(H,36,37)/t13-,14-/m1/s1. The summed E-state index contributed by atoms with van der Waals surface area (Å²) in [7, 11) is 2.78. The number of Topliss-reactive ketones (excluding diaryl/α,β-unsaturated/α-hetero) is 2. The minimum Gasteiger partial charge on any atom is -0.493 e. The maximum absolute atomic E-state index is 15.5. The summed E-state index contributed by atoms with van der Waals surface area (Å²) < 4.78 is 38.7. The number of hydrogen-bond donors (Lipinski definition) is 2. The van der Waals surface area contributed by atoms with Gasteiger partial charge < -0.3 is 29.2 Å². The summed E-state index contributed by atoms with van der Waals surface area (Å²) in [6.45, 7) is 2.71. The zero-order valence-corrected chi connectivity index (χ0v) is 25.2. The number of carbonyl (C=O) groups is 4. The molecule has 2 N–H and O–H groups in total. The molecule has 4 aromatic rings. The Morgan fingerprint density at radius 3 is 1.93 bits per heavy atom. The van der Waals surface area contributed by atoms with E-state index in [1.54, 1.807) is 18.2 Å². The predicted octanol–water partition coefficient (Wildman–Crippen LogP) is 5.71. The van der Waals surface area contributed by atoms with Gasteiger partial charge in [0.05, 0.1) is 46.0 Å². The van der Waals surface area contributed by atoms with Gasteiger partial charge in [-0.2, -0.15) is 0 Å². The molecule has 43 heavy (non-hydrogen) atoms. The number of nitrogens with zero attached hydrogens (tertiary/aromatic N) is 1. The van der Waals surface area contributed by atoms with Gasteiger partial charge in [0.1, 0.15) is 13.2 Å². The molecule has 0 spiro atoms. The fourth-order valence-corrected chi connectivity index (χ4v) is 6.07. The maximum Gasteiger partial charge on any atom is 0.306 e. The van der Waals surface area contributed by atoms with Crippen molar-refractivity contribution in [3.63, 3.8) is 0 Å². The first-order chi connectivity index (χ1) is 20.4. The van der Waals surface area contributed by atoms with Crippen LogP contribution in [0.25, 0.3) is 20.3 Å². The highest BCUT2D eigenvalue weighted by Crippen LogP contribution is 2.40. The fourth-order valence-electron chi connectivity index (χ4n) is 4.06. The second-order valence-electron chi connectivity index (χ2n) is 9.66. The summed E-state index contributed by atoms with van der Waals surface area (Å²) in [5, 5.41) is 18.3. The number of aromatic nitrogens is 1. The van der Waals surface area contributed by atoms with E-state index in [0.717, 1.165) is 11.3 Å². The molecule has 14 heteroatoms. The van der Waals surface area contributed by atoms with Gasteiger partial charge in [0.2, 0.25) is 0 Å². The summed E-state index contributed by atoms with van der Waals surface area (Å²) in [6.07, 6.45) is -0.351. The number of pyridine rings is 1. The number of carbonyl (C=O) groups excluding carboxylic acids is 2. The van der Waals surface area contributed by atoms with Crippen LogP contribution in [0.5, 0.6) is 23.1 Å². The van der Waals surface area contributed by atoms with Crippen molar-refractivity contribution in [3.05, 3.63) is 39.8 Å². The molecule has 0 amide bonds. The third kappa shape index (κ3) is 7.03. The van der Waals surface area contributed by atoms with E-state index in [9.17, 15) is 19.2 Å². The molecule has 3 aromatic heterocycles. The Kier molecular flexibility index (Phi) is 9.81. The first kappa shape index (κ1) is 31.6. The van der Waals surface area contributed by atoms with Gasteiger partial charge in [0, 0.05) is 35.1 Å². The van der Waals surface area contributed by atoms with Crippen molar-refractivity contribution in [2.45, 2.75) is 26.7 Å². The highest BCUT2D eigenvalue weighted by molar-refractivity contribution is 7.21. The van der Waals surface area contributed by atoms with Crippen molar-refractivity contribution in [2.75, 3.05) is 27.4 Å². The molecule has 0 saturated heterocycles. The molecule has 0 fully saturated rings. The van der Waals surface area contributed by atoms with Crippen LogP contribution in [0.15, 0.2) is 24.3 Å². The third-order valence-electron chi connectivity index (χ3n) is 6.50. The van der Waals surface area contributed by atoms with Crippen LogP contribution < -0.4 is 18.9 Å². The van der Waals surface area contributed by atoms with Crippen LogP contribution >= 0.6 is 22.7 Å². The summed E-state index contributed by atoms with van der Waals surface area (Å²) in [4.78, 5) is 52.3. The maximum atomic E-state index is 15.5. The number of halogens is 1. The van der Waals surface area contributed by atoms with Crippen LogP contribution in [-0.4, -0.2) is 66.1 Å². The minimum atomic E-state index is -1.09. The largest absolute Gasteiger partial charge is 0.493 e. The van der Waals surface area contributed by atoms with Crippen LogP contribution in [0.1, 0.15) is 46.0 Å². The highest BCUT2D eigenvalue weighted by atomic mass is 32.1. The van der Waals surface area contributed by atoms with Crippen LogP contribution in [0.3, 0.4) is 0 Å². The Bertz CT molecular complexity index is 1710. The van der Waals surface area contributed by atoms with Gasteiger partial charge >= 0.3 is 11.9 Å². The summed E-state index contributed by atoms with van der Waals surface area (Å²) in [6, 6.07) is 6.14. The molecule has 11 nitrogen and oxygen atoms in total. The van der Waals surface area contributed by atoms with Crippen molar-refractivity contribution in [3.8, 4) is 23.1 Å². The molecule has 4 rings (SSSR count). The Labute approximate surface area is 252 Å². The Balaban J connectivity index is 1.47. The second kappa shape index (κ2) is 13.3. The first-order valence-electron chi connectivity index (χ1n) is 13.0. The Hall–Kier alpha value is -4.30. The number of ether oxygens (including phenoxy) is 4. The van der Waals surface area contributed by atoms with Crippen molar-refractivity contribution in [1.82, 2.24) is 4.98 Å². The smallest absolute Gasteiger partial charge is 0.306 e. The molecular formula is C29H28FNO10S2. The Morgan fingerprint density at radius 2 is 1.35 bits per heavy atom. The summed E-state index contributed by atoms with van der Waals surface area (Å²) >= 11 is 2.21. The molecule has 0 radical (unpaired) electrons. The van der Waals surface area contributed by atoms with E-state index in [-0.39, 0.29) is 59.5 Å². The molecule has 0 saturated carbocycles. The monoisotopic (exact) mass is 633 g/mol. The van der Waals surface area contributed by atoms with E-state index < -0.39 is 35.4 Å². The molecule has 0 unspecified atom stereocenters. The number of ketones is 2. The number of thiophene rings is 2. The number of carboxylic acids is 2. The lowest BCUT2D eigenvalue weighted by atomic mass is 10.0. The van der Waals surface area contributed by atoms with Crippen LogP contribution in [0.2, 0.25) is 0 Å². The fraction of sp³-hybridized carbons (Fsp3) is 0.345. The van der Waals surface area contributed by atoms with Crippen molar-refractivity contribution < 1.29 is 52.7 Å². The normalized spacial score (nSPS) is 12.6. The molecule has 1 aromatic carbocycles. The van der Waals surface area contributed by atoms with Crippen molar-refractivity contribution in [1.29, 1.82) is 0 Å². The first-order valence-corrected chi connectivity index (χ1v) is 14.6. The predicted molar refractivity (Wildman–Crippen MR) is 157 cm³/mol. The van der Waals surface area contributed by atoms with E-state index in [2.05, 4.69) is 4.98 Å². The molecule has 3 heterocycles. The van der Waals surface area contributed by atoms with Crippen molar-refractivity contribution in [2.24, 2.45) is 11.8 Å². The van der Waals surface area contributed by atoms with E-state index in [1.165, 1.54) is 45.5 Å². The SMILES string of the molecule is COc1cc2sc(C(=O)C[C@@H](C)C(=O)O)cc2nc1OCCOc1c(OC)cc2sc(C(=O)C[C@@H](C)C(=O)O)cc2c1F. The van der Waals surface area contributed by atoms with Gasteiger partial charge in [0.15, 0.2) is 34.6 Å². The lowest BCUT2D eigenvalue weighted by molar-refractivity contribution is -0.141. The van der Waals surface area contributed by atoms with Crippen molar-refractivity contribution >= 4 is 66.5 Å². The van der Waals surface area contributed by atoms with Crippen LogP contribution in [0.4, 0.5) is 4.39 Å². The molecule has 228 valence electrons. The average Bonchev–Trinajstić information content (AvgIpc) is 3.59. The van der Waals surface area contributed by atoms with Gasteiger partial charge in [-0.3, -0.25) is 19.2 Å². The molecule has 0 bridgehead atoms. The second-order valence-corrected chi connectivity index (χ2v) is 11.8. The van der Waals surface area contributed by atoms with E-state index in [1.807, 2.05) is 0 Å². The number of rotatable bonds is 15. The molecule has 0 aliphatic carbocycles. The van der Waals surface area contributed by atoms with E-state index in [0.29, 0.717) is 25.5 Å². The summed E-state index contributed by atoms with van der Waals surface area (Å²) in [5.74, 6) is -4.94. The van der Waals surface area contributed by atoms with Crippen LogP contribution in [-0.2, 0) is 9.59 Å². The average molecular weight is 634 g/mol. The van der Waals surface area contributed by atoms with Gasteiger partial charge in [0.25, 0.3) is 5.88 Å². The number of aliphatic carboxylic acids is 2. The lowest BCUT2D eigenvalue weighted by Crippen LogP contribution is -2.14. The number of fused-ring (bicyclic) bond motifs is 2. The molecule has 0 aliphatic heterocycles. The molecule has 2 atom stereocenters. The van der Waals surface area contributed by atoms with Gasteiger partial charge in [-0.15, -0.1) is 22.7 Å². The topological polar surface area (TPSA) is 159 Å². The number of hydrogen-bond acceptors (Lipinski definition) is 11. The summed E-state index contributed by atoms with van der Waals surface area (Å²) in [5.41, 5.74) is 0.465. The van der Waals surface area contributed by atoms with E-state index >= 15 is 4.39 Å². The number of carboxylic acid groups (broad SMARTS) is 2.